The highest BCUT2D eigenvalue weighted by molar-refractivity contribution is 6.30. The number of anilines is 1. The summed E-state index contributed by atoms with van der Waals surface area (Å²) in [5.41, 5.74) is 2.05. The molecule has 3 aliphatic rings. The molecule has 0 bridgehead atoms. The van der Waals surface area contributed by atoms with Crippen LogP contribution in [0.2, 0.25) is 5.02 Å². The lowest BCUT2D eigenvalue weighted by Crippen LogP contribution is -2.50. The average Bonchev–Trinajstić information content (AvgIpc) is 3.40. The van der Waals surface area contributed by atoms with E-state index in [4.69, 9.17) is 21.1 Å². The van der Waals surface area contributed by atoms with Crippen LogP contribution in [-0.4, -0.2) is 61.1 Å². The summed E-state index contributed by atoms with van der Waals surface area (Å²) in [5, 5.41) is 0.711. The number of halogens is 1. The van der Waals surface area contributed by atoms with Gasteiger partial charge in [0.25, 0.3) is 0 Å². The van der Waals surface area contributed by atoms with Crippen molar-refractivity contribution in [2.75, 3.05) is 44.4 Å². The number of fused-ring (bicyclic) bond motifs is 1. The molecule has 31 heavy (non-hydrogen) atoms. The summed E-state index contributed by atoms with van der Waals surface area (Å²) < 4.78 is 10.8. The molecule has 2 saturated heterocycles. The van der Waals surface area contributed by atoms with Crippen molar-refractivity contribution >= 4 is 29.1 Å². The number of likely N-dealkylation sites (tertiary alicyclic amines) is 1. The van der Waals surface area contributed by atoms with Crippen LogP contribution in [0.4, 0.5) is 5.69 Å². The molecule has 2 aromatic rings. The second kappa shape index (κ2) is 8.30. The molecular formula is C23H24ClN3O4. The SMILES string of the molecule is O=C1CC(C(=O)N2CCN(c3cccc(Cl)c3)CC2)CN1Cc1ccc2c(c1)OCO2. The summed E-state index contributed by atoms with van der Waals surface area (Å²) in [4.78, 5) is 31.5. The van der Waals surface area contributed by atoms with Crippen LogP contribution in [0.15, 0.2) is 42.5 Å². The molecule has 0 radical (unpaired) electrons. The van der Waals surface area contributed by atoms with Crippen LogP contribution in [0.1, 0.15) is 12.0 Å². The molecule has 3 aliphatic heterocycles. The van der Waals surface area contributed by atoms with E-state index in [0.717, 1.165) is 30.1 Å². The molecule has 0 aromatic heterocycles. The maximum atomic E-state index is 13.1. The Morgan fingerprint density at radius 2 is 1.84 bits per heavy atom. The van der Waals surface area contributed by atoms with E-state index in [1.807, 2.05) is 47.4 Å². The summed E-state index contributed by atoms with van der Waals surface area (Å²) in [5.74, 6) is 1.25. The van der Waals surface area contributed by atoms with Gasteiger partial charge >= 0.3 is 0 Å². The van der Waals surface area contributed by atoms with Crippen molar-refractivity contribution < 1.29 is 19.1 Å². The highest BCUT2D eigenvalue weighted by Gasteiger charge is 2.37. The lowest BCUT2D eigenvalue weighted by Gasteiger charge is -2.37. The Morgan fingerprint density at radius 3 is 2.65 bits per heavy atom. The Balaban J connectivity index is 1.17. The van der Waals surface area contributed by atoms with Gasteiger partial charge in [-0.15, -0.1) is 0 Å². The van der Waals surface area contributed by atoms with E-state index >= 15 is 0 Å². The third-order valence-corrected chi connectivity index (χ3v) is 6.37. The lowest BCUT2D eigenvalue weighted by atomic mass is 10.1. The van der Waals surface area contributed by atoms with E-state index in [-0.39, 0.29) is 30.9 Å². The normalized spacial score (nSPS) is 20.5. The number of amides is 2. The first kappa shape index (κ1) is 20.0. The molecule has 2 fully saturated rings. The average molecular weight is 442 g/mol. The number of piperazine rings is 1. The molecule has 5 rings (SSSR count). The third-order valence-electron chi connectivity index (χ3n) is 6.14. The number of hydrogen-bond donors (Lipinski definition) is 0. The first-order valence-corrected chi connectivity index (χ1v) is 10.9. The second-order valence-electron chi connectivity index (χ2n) is 8.16. The summed E-state index contributed by atoms with van der Waals surface area (Å²) in [6.45, 7) is 3.97. The number of hydrogen-bond acceptors (Lipinski definition) is 5. The molecule has 1 atom stereocenters. The molecule has 7 nitrogen and oxygen atoms in total. The molecule has 2 aromatic carbocycles. The highest BCUT2D eigenvalue weighted by atomic mass is 35.5. The summed E-state index contributed by atoms with van der Waals surface area (Å²) >= 11 is 6.10. The van der Waals surface area contributed by atoms with Crippen LogP contribution >= 0.6 is 11.6 Å². The van der Waals surface area contributed by atoms with E-state index in [0.29, 0.717) is 37.0 Å². The fourth-order valence-corrected chi connectivity index (χ4v) is 4.65. The van der Waals surface area contributed by atoms with E-state index in [9.17, 15) is 9.59 Å². The van der Waals surface area contributed by atoms with E-state index in [1.54, 1.807) is 4.90 Å². The summed E-state index contributed by atoms with van der Waals surface area (Å²) in [6.07, 6.45) is 0.276. The Hall–Kier alpha value is -2.93. The first-order valence-electron chi connectivity index (χ1n) is 10.5. The van der Waals surface area contributed by atoms with Crippen molar-refractivity contribution in [1.82, 2.24) is 9.80 Å². The van der Waals surface area contributed by atoms with Gasteiger partial charge in [0.2, 0.25) is 18.6 Å². The summed E-state index contributed by atoms with van der Waals surface area (Å²) in [6, 6.07) is 13.5. The monoisotopic (exact) mass is 441 g/mol. The van der Waals surface area contributed by atoms with Gasteiger partial charge < -0.3 is 24.2 Å². The van der Waals surface area contributed by atoms with Crippen molar-refractivity contribution in [1.29, 1.82) is 0 Å². The molecule has 1 unspecified atom stereocenters. The van der Waals surface area contributed by atoms with Gasteiger partial charge in [-0.2, -0.15) is 0 Å². The number of carbonyl (C=O) groups is 2. The molecular weight excluding hydrogens is 418 g/mol. The molecule has 0 aliphatic carbocycles. The quantitative estimate of drug-likeness (QED) is 0.730. The fraction of sp³-hybridized carbons (Fsp3) is 0.391. The topological polar surface area (TPSA) is 62.3 Å². The van der Waals surface area contributed by atoms with Crippen LogP contribution < -0.4 is 14.4 Å². The van der Waals surface area contributed by atoms with Crippen LogP contribution in [0.3, 0.4) is 0 Å². The Labute approximate surface area is 186 Å². The number of benzene rings is 2. The maximum Gasteiger partial charge on any atom is 0.231 e. The standard InChI is InChI=1S/C23H24ClN3O4/c24-18-2-1-3-19(12-18)25-6-8-26(9-7-25)23(29)17-11-22(28)27(14-17)13-16-4-5-20-21(10-16)31-15-30-20/h1-5,10,12,17H,6-9,11,13-15H2. The predicted molar refractivity (Wildman–Crippen MR) is 116 cm³/mol. The van der Waals surface area contributed by atoms with E-state index in [1.165, 1.54) is 0 Å². The van der Waals surface area contributed by atoms with Gasteiger partial charge in [-0.25, -0.2) is 0 Å². The van der Waals surface area contributed by atoms with Gasteiger partial charge in [0.1, 0.15) is 0 Å². The molecule has 162 valence electrons. The maximum absolute atomic E-state index is 13.1. The molecule has 0 saturated carbocycles. The van der Waals surface area contributed by atoms with Crippen molar-refractivity contribution in [3.63, 3.8) is 0 Å². The van der Waals surface area contributed by atoms with Gasteiger partial charge in [0.15, 0.2) is 11.5 Å². The molecule has 2 amide bonds. The Bertz CT molecular complexity index is 1010. The van der Waals surface area contributed by atoms with Crippen molar-refractivity contribution in [3.05, 3.63) is 53.1 Å². The minimum absolute atomic E-state index is 0.0218. The van der Waals surface area contributed by atoms with Crippen molar-refractivity contribution in [2.45, 2.75) is 13.0 Å². The lowest BCUT2D eigenvalue weighted by molar-refractivity contribution is -0.136. The van der Waals surface area contributed by atoms with Crippen LogP contribution in [0.5, 0.6) is 11.5 Å². The van der Waals surface area contributed by atoms with Crippen LogP contribution in [-0.2, 0) is 16.1 Å². The van der Waals surface area contributed by atoms with Gasteiger partial charge in [-0.1, -0.05) is 23.7 Å². The van der Waals surface area contributed by atoms with E-state index in [2.05, 4.69) is 4.90 Å². The van der Waals surface area contributed by atoms with Crippen molar-refractivity contribution in [3.8, 4) is 11.5 Å². The largest absolute Gasteiger partial charge is 0.454 e. The molecule has 0 N–H and O–H groups in total. The Morgan fingerprint density at radius 1 is 1.03 bits per heavy atom. The number of rotatable bonds is 4. The fourth-order valence-electron chi connectivity index (χ4n) is 4.47. The number of carbonyl (C=O) groups excluding carboxylic acids is 2. The van der Waals surface area contributed by atoms with E-state index < -0.39 is 0 Å². The molecule has 0 spiro atoms. The highest BCUT2D eigenvalue weighted by Crippen LogP contribution is 2.33. The van der Waals surface area contributed by atoms with Crippen LogP contribution in [0.25, 0.3) is 0 Å². The van der Waals surface area contributed by atoms with Gasteiger partial charge in [0, 0.05) is 56.4 Å². The number of ether oxygens (including phenoxy) is 2. The minimum Gasteiger partial charge on any atom is -0.454 e. The Kier molecular flexibility index (Phi) is 5.36. The molecule has 3 heterocycles. The summed E-state index contributed by atoms with van der Waals surface area (Å²) in [7, 11) is 0. The molecule has 8 heteroatoms. The number of nitrogens with zero attached hydrogens (tertiary/aromatic N) is 3. The zero-order valence-corrected chi connectivity index (χ0v) is 17.9. The second-order valence-corrected chi connectivity index (χ2v) is 8.59. The van der Waals surface area contributed by atoms with Gasteiger partial charge in [-0.05, 0) is 35.9 Å². The predicted octanol–water partition coefficient (Wildman–Crippen LogP) is 2.77. The zero-order valence-electron chi connectivity index (χ0n) is 17.1. The smallest absolute Gasteiger partial charge is 0.231 e. The van der Waals surface area contributed by atoms with Crippen LogP contribution in [0, 0.1) is 5.92 Å². The first-order chi connectivity index (χ1) is 15.1. The minimum atomic E-state index is -0.278. The van der Waals surface area contributed by atoms with Crippen molar-refractivity contribution in [2.24, 2.45) is 5.92 Å². The third kappa shape index (κ3) is 4.14. The van der Waals surface area contributed by atoms with Gasteiger partial charge in [-0.3, -0.25) is 9.59 Å². The van der Waals surface area contributed by atoms with Gasteiger partial charge in [0.05, 0.1) is 5.92 Å². The zero-order chi connectivity index (χ0) is 21.4.